The number of likely N-dealkylation sites (tertiary alicyclic amines) is 1. The fourth-order valence-corrected chi connectivity index (χ4v) is 2.76. The van der Waals surface area contributed by atoms with E-state index in [-0.39, 0.29) is 30.7 Å². The van der Waals surface area contributed by atoms with Gasteiger partial charge in [0.1, 0.15) is 12.4 Å². The van der Waals surface area contributed by atoms with Gasteiger partial charge in [0, 0.05) is 0 Å². The van der Waals surface area contributed by atoms with Gasteiger partial charge in [-0.15, -0.1) is 0 Å². The Morgan fingerprint density at radius 1 is 1.41 bits per heavy atom. The van der Waals surface area contributed by atoms with Gasteiger partial charge in [-0.3, -0.25) is 9.69 Å². The second-order valence-corrected chi connectivity index (χ2v) is 5.54. The number of nitrogens with zero attached hydrogens (tertiary/aromatic N) is 2. The van der Waals surface area contributed by atoms with Crippen molar-refractivity contribution >= 4 is 5.91 Å². The van der Waals surface area contributed by atoms with Crippen molar-refractivity contribution in [3.63, 3.8) is 0 Å². The minimum Gasteiger partial charge on any atom is -0.388 e. The lowest BCUT2D eigenvalue weighted by molar-refractivity contribution is -0.122. The first-order valence-corrected chi connectivity index (χ1v) is 7.39. The molecule has 1 aliphatic heterocycles. The number of carbonyl (C=O) groups is 1. The molecule has 6 heteroatoms. The Kier molecular flexibility index (Phi) is 5.87. The van der Waals surface area contributed by atoms with Crippen molar-refractivity contribution in [2.75, 3.05) is 26.2 Å². The maximum absolute atomic E-state index is 12.9. The molecule has 0 aliphatic carbocycles. The third-order valence-corrected chi connectivity index (χ3v) is 4.02. The fraction of sp³-hybridized carbons (Fsp3) is 0.500. The number of piperidine rings is 1. The van der Waals surface area contributed by atoms with Gasteiger partial charge < -0.3 is 10.4 Å². The van der Waals surface area contributed by atoms with Crippen LogP contribution in [0.2, 0.25) is 0 Å². The van der Waals surface area contributed by atoms with E-state index in [1.54, 1.807) is 12.1 Å². The Balaban J connectivity index is 1.80. The quantitative estimate of drug-likeness (QED) is 0.802. The van der Waals surface area contributed by atoms with Crippen molar-refractivity contribution in [2.24, 2.45) is 5.92 Å². The highest BCUT2D eigenvalue weighted by Crippen LogP contribution is 2.30. The van der Waals surface area contributed by atoms with Crippen LogP contribution in [0.25, 0.3) is 0 Å². The second-order valence-electron chi connectivity index (χ2n) is 5.54. The van der Waals surface area contributed by atoms with Gasteiger partial charge >= 0.3 is 0 Å². The van der Waals surface area contributed by atoms with Gasteiger partial charge in [0.15, 0.2) is 0 Å². The summed E-state index contributed by atoms with van der Waals surface area (Å²) in [6, 6.07) is 7.80. The van der Waals surface area contributed by atoms with E-state index in [9.17, 15) is 14.3 Å². The Bertz CT molecular complexity index is 533. The maximum atomic E-state index is 12.9. The largest absolute Gasteiger partial charge is 0.388 e. The summed E-state index contributed by atoms with van der Waals surface area (Å²) in [5.41, 5.74) is 0.728. The summed E-state index contributed by atoms with van der Waals surface area (Å²) in [4.78, 5) is 13.6. The SMILES string of the molecule is N#CCNC(=O)CN1CCC(C(O)c2ccc(F)cc2)CC1. The number of carbonyl (C=O) groups excluding carboxylic acids is 1. The van der Waals surface area contributed by atoms with Crippen molar-refractivity contribution in [3.05, 3.63) is 35.6 Å². The van der Waals surface area contributed by atoms with E-state index < -0.39 is 6.10 Å². The van der Waals surface area contributed by atoms with Gasteiger partial charge in [-0.05, 0) is 49.5 Å². The van der Waals surface area contributed by atoms with Crippen molar-refractivity contribution < 1.29 is 14.3 Å². The minimum atomic E-state index is -0.602. The standard InChI is InChI=1S/C16H20FN3O2/c17-14-3-1-12(2-4-14)16(22)13-5-9-20(10-6-13)11-15(21)19-8-7-18/h1-4,13,16,22H,5-6,8-11H2,(H,19,21). The monoisotopic (exact) mass is 305 g/mol. The normalized spacial score (nSPS) is 17.7. The lowest BCUT2D eigenvalue weighted by Crippen LogP contribution is -2.42. The number of halogens is 1. The van der Waals surface area contributed by atoms with Crippen LogP contribution in [0.3, 0.4) is 0 Å². The average molecular weight is 305 g/mol. The van der Waals surface area contributed by atoms with Gasteiger partial charge in [-0.25, -0.2) is 4.39 Å². The number of aliphatic hydroxyl groups is 1. The molecule has 0 radical (unpaired) electrons. The molecule has 22 heavy (non-hydrogen) atoms. The number of amides is 1. The first kappa shape index (κ1) is 16.4. The summed E-state index contributed by atoms with van der Waals surface area (Å²) in [5.74, 6) is -0.350. The van der Waals surface area contributed by atoms with Crippen LogP contribution in [-0.4, -0.2) is 42.1 Å². The predicted molar refractivity (Wildman–Crippen MR) is 79.1 cm³/mol. The average Bonchev–Trinajstić information content (AvgIpc) is 2.54. The van der Waals surface area contributed by atoms with Crippen LogP contribution in [-0.2, 0) is 4.79 Å². The Morgan fingerprint density at radius 2 is 2.05 bits per heavy atom. The number of aliphatic hydroxyl groups excluding tert-OH is 1. The third-order valence-electron chi connectivity index (χ3n) is 4.02. The topological polar surface area (TPSA) is 76.4 Å². The molecule has 1 unspecified atom stereocenters. The zero-order valence-electron chi connectivity index (χ0n) is 12.3. The first-order valence-electron chi connectivity index (χ1n) is 7.39. The summed E-state index contributed by atoms with van der Waals surface area (Å²) >= 11 is 0. The molecule has 1 atom stereocenters. The number of nitriles is 1. The summed E-state index contributed by atoms with van der Waals surface area (Å²) in [5, 5.41) is 21.3. The van der Waals surface area contributed by atoms with E-state index in [0.29, 0.717) is 0 Å². The third kappa shape index (κ3) is 4.52. The van der Waals surface area contributed by atoms with Gasteiger partial charge in [0.05, 0.1) is 18.7 Å². The summed E-state index contributed by atoms with van der Waals surface area (Å²) in [6.07, 6.45) is 0.962. The van der Waals surface area contributed by atoms with E-state index in [4.69, 9.17) is 5.26 Å². The van der Waals surface area contributed by atoms with Crippen molar-refractivity contribution in [1.82, 2.24) is 10.2 Å². The Morgan fingerprint density at radius 3 is 2.64 bits per heavy atom. The van der Waals surface area contributed by atoms with E-state index in [1.807, 2.05) is 11.0 Å². The molecule has 5 nitrogen and oxygen atoms in total. The van der Waals surface area contributed by atoms with Gasteiger partial charge in [0.2, 0.25) is 5.91 Å². The van der Waals surface area contributed by atoms with Crippen molar-refractivity contribution in [3.8, 4) is 6.07 Å². The van der Waals surface area contributed by atoms with E-state index >= 15 is 0 Å². The van der Waals surface area contributed by atoms with Gasteiger partial charge in [-0.1, -0.05) is 12.1 Å². The molecule has 1 amide bonds. The number of nitrogens with one attached hydrogen (secondary N) is 1. The van der Waals surface area contributed by atoms with Crippen LogP contribution in [0.5, 0.6) is 0 Å². The lowest BCUT2D eigenvalue weighted by atomic mass is 9.87. The highest BCUT2D eigenvalue weighted by Gasteiger charge is 2.26. The molecule has 1 heterocycles. The summed E-state index contributed by atoms with van der Waals surface area (Å²) in [7, 11) is 0. The molecule has 118 valence electrons. The molecule has 0 spiro atoms. The molecule has 0 saturated carbocycles. The number of hydrogen-bond donors (Lipinski definition) is 2. The van der Waals surface area contributed by atoms with Crippen molar-refractivity contribution in [2.45, 2.75) is 18.9 Å². The molecular formula is C16H20FN3O2. The van der Waals surface area contributed by atoms with Crippen LogP contribution >= 0.6 is 0 Å². The molecule has 1 fully saturated rings. The van der Waals surface area contributed by atoms with Gasteiger partial charge in [-0.2, -0.15) is 5.26 Å². The van der Waals surface area contributed by atoms with Crippen LogP contribution < -0.4 is 5.32 Å². The summed E-state index contributed by atoms with van der Waals surface area (Å²) in [6.45, 7) is 1.76. The van der Waals surface area contributed by atoms with Crippen LogP contribution in [0.4, 0.5) is 4.39 Å². The Labute approximate surface area is 129 Å². The molecule has 1 saturated heterocycles. The minimum absolute atomic E-state index is 0.0264. The molecule has 1 aliphatic rings. The maximum Gasteiger partial charge on any atom is 0.235 e. The second kappa shape index (κ2) is 7.87. The number of benzene rings is 1. The zero-order chi connectivity index (χ0) is 15.9. The van der Waals surface area contributed by atoms with Crippen LogP contribution in [0.15, 0.2) is 24.3 Å². The number of rotatable bonds is 5. The number of hydrogen-bond acceptors (Lipinski definition) is 4. The molecule has 2 rings (SSSR count). The first-order chi connectivity index (χ1) is 10.6. The lowest BCUT2D eigenvalue weighted by Gasteiger charge is -2.33. The Hall–Kier alpha value is -1.97. The summed E-state index contributed by atoms with van der Waals surface area (Å²) < 4.78 is 12.9. The smallest absolute Gasteiger partial charge is 0.235 e. The van der Waals surface area contributed by atoms with E-state index in [0.717, 1.165) is 31.5 Å². The molecule has 2 N–H and O–H groups in total. The molecule has 1 aromatic rings. The van der Waals surface area contributed by atoms with Gasteiger partial charge in [0.25, 0.3) is 0 Å². The highest BCUT2D eigenvalue weighted by atomic mass is 19.1. The van der Waals surface area contributed by atoms with E-state index in [2.05, 4.69) is 5.32 Å². The zero-order valence-corrected chi connectivity index (χ0v) is 12.3. The van der Waals surface area contributed by atoms with Crippen LogP contribution in [0, 0.1) is 23.1 Å². The van der Waals surface area contributed by atoms with Crippen LogP contribution in [0.1, 0.15) is 24.5 Å². The predicted octanol–water partition coefficient (Wildman–Crippen LogP) is 1.21. The highest BCUT2D eigenvalue weighted by molar-refractivity contribution is 5.78. The molecule has 1 aromatic carbocycles. The molecule has 0 bridgehead atoms. The molecular weight excluding hydrogens is 285 g/mol. The van der Waals surface area contributed by atoms with E-state index in [1.165, 1.54) is 12.1 Å². The van der Waals surface area contributed by atoms with Crippen molar-refractivity contribution in [1.29, 1.82) is 5.26 Å². The fourth-order valence-electron chi connectivity index (χ4n) is 2.76. The molecule has 0 aromatic heterocycles.